The molecule has 3 heteroatoms. The third-order valence-corrected chi connectivity index (χ3v) is 5.81. The average Bonchev–Trinajstić information content (AvgIpc) is 3.24. The van der Waals surface area contributed by atoms with E-state index in [1.54, 1.807) is 0 Å². The molecule has 1 atom stereocenters. The van der Waals surface area contributed by atoms with Crippen LogP contribution in [0.4, 0.5) is 0 Å². The van der Waals surface area contributed by atoms with Crippen molar-refractivity contribution in [1.82, 2.24) is 4.57 Å². The summed E-state index contributed by atoms with van der Waals surface area (Å²) in [5, 5.41) is 0.786. The van der Waals surface area contributed by atoms with Crippen LogP contribution < -0.4 is 0 Å². The zero-order chi connectivity index (χ0) is 18.4. The van der Waals surface area contributed by atoms with Crippen molar-refractivity contribution in [3.8, 4) is 17.2 Å². The maximum absolute atomic E-state index is 6.43. The predicted octanol–water partition coefficient (Wildman–Crippen LogP) is 6.78. The number of nitrogens with zero attached hydrogens (tertiary/aromatic N) is 1. The summed E-state index contributed by atoms with van der Waals surface area (Å²) in [4.78, 5) is 0. The lowest BCUT2D eigenvalue weighted by Crippen LogP contribution is -2.05. The van der Waals surface area contributed by atoms with Gasteiger partial charge in [-0.05, 0) is 49.6 Å². The van der Waals surface area contributed by atoms with Crippen molar-refractivity contribution in [2.75, 3.05) is 0 Å². The minimum atomic E-state index is 0.306. The smallest absolute Gasteiger partial charge is 0.207 e. The Morgan fingerprint density at radius 3 is 2.67 bits per heavy atom. The van der Waals surface area contributed by atoms with Gasteiger partial charge in [-0.15, -0.1) is 0 Å². The third-order valence-electron chi connectivity index (χ3n) is 5.58. The molecular formula is C24H20ClNO. The molecule has 1 aliphatic rings. The lowest BCUT2D eigenvalue weighted by atomic mass is 9.90. The lowest BCUT2D eigenvalue weighted by Gasteiger charge is -2.17. The first kappa shape index (κ1) is 16.5. The average molecular weight is 374 g/mol. The highest BCUT2D eigenvalue weighted by atomic mass is 35.5. The first-order valence-electron chi connectivity index (χ1n) is 9.33. The fourth-order valence-electron chi connectivity index (χ4n) is 4.25. The molecular weight excluding hydrogens is 354 g/mol. The van der Waals surface area contributed by atoms with Crippen LogP contribution in [0.3, 0.4) is 0 Å². The van der Waals surface area contributed by atoms with Crippen molar-refractivity contribution in [2.24, 2.45) is 0 Å². The van der Waals surface area contributed by atoms with Gasteiger partial charge < -0.3 is 4.42 Å². The molecule has 1 unspecified atom stereocenters. The maximum Gasteiger partial charge on any atom is 0.207 e. The second-order valence-electron chi connectivity index (χ2n) is 7.16. The highest BCUT2D eigenvalue weighted by molar-refractivity contribution is 6.30. The largest absolute Gasteiger partial charge is 0.439 e. The molecule has 0 fully saturated rings. The van der Waals surface area contributed by atoms with Crippen molar-refractivity contribution >= 4 is 11.6 Å². The van der Waals surface area contributed by atoms with Gasteiger partial charge >= 0.3 is 0 Å². The van der Waals surface area contributed by atoms with E-state index in [1.165, 1.54) is 22.4 Å². The summed E-state index contributed by atoms with van der Waals surface area (Å²) in [6.07, 6.45) is 4.12. The van der Waals surface area contributed by atoms with Gasteiger partial charge in [-0.3, -0.25) is 4.57 Å². The number of fused-ring (bicyclic) bond motifs is 3. The number of rotatable bonds is 2. The zero-order valence-corrected chi connectivity index (χ0v) is 15.9. The molecule has 0 radical (unpaired) electrons. The molecule has 2 aromatic carbocycles. The molecule has 0 spiro atoms. The normalized spacial score (nSPS) is 15.9. The number of benzene rings is 2. The van der Waals surface area contributed by atoms with Crippen LogP contribution in [0.1, 0.15) is 34.7 Å². The molecule has 0 saturated carbocycles. The van der Waals surface area contributed by atoms with Crippen molar-refractivity contribution in [3.63, 3.8) is 0 Å². The summed E-state index contributed by atoms with van der Waals surface area (Å²) >= 11 is 6.26. The van der Waals surface area contributed by atoms with Crippen molar-refractivity contribution < 1.29 is 4.42 Å². The van der Waals surface area contributed by atoms with E-state index in [2.05, 4.69) is 66.2 Å². The van der Waals surface area contributed by atoms with Crippen LogP contribution >= 0.6 is 11.6 Å². The van der Waals surface area contributed by atoms with E-state index in [0.29, 0.717) is 5.92 Å². The Kier molecular flexibility index (Phi) is 3.95. The van der Waals surface area contributed by atoms with E-state index in [9.17, 15) is 0 Å². The highest BCUT2D eigenvalue weighted by Crippen LogP contribution is 2.41. The number of furan rings is 1. The standard InChI is InChI=1S/C24H20ClNO/c1-16-20-12-13-21(18-9-5-10-19(25)15-18)22-11-6-14-26(22)24(20)27-23(16)17-7-3-2-4-8-17/h2-11,14-15,21H,12-13H2,1H3. The van der Waals surface area contributed by atoms with Gasteiger partial charge in [0, 0.05) is 39.5 Å². The van der Waals surface area contributed by atoms with Crippen LogP contribution in [0.25, 0.3) is 17.2 Å². The fraction of sp³-hybridized carbons (Fsp3) is 0.167. The number of hydrogen-bond donors (Lipinski definition) is 0. The molecule has 0 saturated heterocycles. The van der Waals surface area contributed by atoms with E-state index < -0.39 is 0 Å². The predicted molar refractivity (Wildman–Crippen MR) is 110 cm³/mol. The second kappa shape index (κ2) is 6.47. The molecule has 27 heavy (non-hydrogen) atoms. The summed E-state index contributed by atoms with van der Waals surface area (Å²) in [5.74, 6) is 2.23. The van der Waals surface area contributed by atoms with Gasteiger partial charge in [-0.1, -0.05) is 54.1 Å². The number of aromatic nitrogens is 1. The Labute approximate surface area is 164 Å². The van der Waals surface area contributed by atoms with Crippen LogP contribution in [0.5, 0.6) is 0 Å². The van der Waals surface area contributed by atoms with Crippen LogP contribution in [0.2, 0.25) is 5.02 Å². The van der Waals surface area contributed by atoms with E-state index in [1.807, 2.05) is 18.2 Å². The van der Waals surface area contributed by atoms with E-state index >= 15 is 0 Å². The lowest BCUT2D eigenvalue weighted by molar-refractivity contribution is 0.544. The van der Waals surface area contributed by atoms with E-state index in [-0.39, 0.29) is 0 Å². The third kappa shape index (κ3) is 2.72. The van der Waals surface area contributed by atoms with Gasteiger partial charge in [0.1, 0.15) is 5.76 Å². The monoisotopic (exact) mass is 373 g/mol. The Morgan fingerprint density at radius 2 is 1.85 bits per heavy atom. The summed E-state index contributed by atoms with van der Waals surface area (Å²) in [7, 11) is 0. The maximum atomic E-state index is 6.43. The van der Waals surface area contributed by atoms with Gasteiger partial charge in [-0.25, -0.2) is 0 Å². The summed E-state index contributed by atoms with van der Waals surface area (Å²) in [5.41, 5.74) is 6.18. The van der Waals surface area contributed by atoms with Crippen LogP contribution in [-0.4, -0.2) is 4.57 Å². The van der Waals surface area contributed by atoms with E-state index in [4.69, 9.17) is 16.0 Å². The fourth-order valence-corrected chi connectivity index (χ4v) is 4.45. The quantitative estimate of drug-likeness (QED) is 0.379. The van der Waals surface area contributed by atoms with Crippen molar-refractivity contribution in [2.45, 2.75) is 25.7 Å². The SMILES string of the molecule is Cc1c(-c2ccccc2)oc2c1CCC(c1cccc(Cl)c1)c1cccn1-2. The topological polar surface area (TPSA) is 18.1 Å². The molecule has 0 amide bonds. The van der Waals surface area contributed by atoms with Crippen LogP contribution in [0.15, 0.2) is 77.3 Å². The molecule has 134 valence electrons. The Morgan fingerprint density at radius 1 is 1.00 bits per heavy atom. The Balaban J connectivity index is 1.65. The Bertz CT molecular complexity index is 1110. The minimum Gasteiger partial charge on any atom is -0.439 e. The van der Waals surface area contributed by atoms with Crippen LogP contribution in [0, 0.1) is 6.92 Å². The highest BCUT2D eigenvalue weighted by Gasteiger charge is 2.28. The van der Waals surface area contributed by atoms with Gasteiger partial charge in [0.2, 0.25) is 5.88 Å². The first-order chi connectivity index (χ1) is 13.2. The Hall–Kier alpha value is -2.71. The summed E-state index contributed by atoms with van der Waals surface area (Å²) in [6, 6.07) is 22.9. The van der Waals surface area contributed by atoms with Crippen molar-refractivity contribution in [3.05, 3.63) is 100 Å². The van der Waals surface area contributed by atoms with Gasteiger partial charge in [-0.2, -0.15) is 0 Å². The van der Waals surface area contributed by atoms with Crippen molar-refractivity contribution in [1.29, 1.82) is 0 Å². The number of hydrogen-bond acceptors (Lipinski definition) is 1. The zero-order valence-electron chi connectivity index (χ0n) is 15.2. The molecule has 2 nitrogen and oxygen atoms in total. The molecule has 0 bridgehead atoms. The molecule has 2 aromatic heterocycles. The molecule has 4 aromatic rings. The summed E-state index contributed by atoms with van der Waals surface area (Å²) in [6.45, 7) is 2.17. The van der Waals surface area contributed by atoms with Crippen LogP contribution in [-0.2, 0) is 6.42 Å². The molecule has 5 rings (SSSR count). The van der Waals surface area contributed by atoms with Gasteiger partial charge in [0.15, 0.2) is 0 Å². The molecule has 1 aliphatic heterocycles. The van der Waals surface area contributed by atoms with Gasteiger partial charge in [0.05, 0.1) is 0 Å². The second-order valence-corrected chi connectivity index (χ2v) is 7.59. The van der Waals surface area contributed by atoms with E-state index in [0.717, 1.165) is 35.1 Å². The van der Waals surface area contributed by atoms with Gasteiger partial charge in [0.25, 0.3) is 0 Å². The molecule has 3 heterocycles. The summed E-state index contributed by atoms with van der Waals surface area (Å²) < 4.78 is 8.65. The first-order valence-corrected chi connectivity index (χ1v) is 9.71. The molecule has 0 N–H and O–H groups in total. The number of halogens is 1. The minimum absolute atomic E-state index is 0.306. The molecule has 0 aliphatic carbocycles.